The first-order valence-corrected chi connectivity index (χ1v) is 4.93. The molecule has 88 valence electrons. The number of carbonyl (C=O) groups excluding carboxylic acids is 1. The zero-order valence-electron chi connectivity index (χ0n) is 9.10. The van der Waals surface area contributed by atoms with Gasteiger partial charge in [-0.2, -0.15) is 0 Å². The topological polar surface area (TPSA) is 87.4 Å². The molecular weight excluding hydrogens is 222 g/mol. The van der Waals surface area contributed by atoms with E-state index in [0.717, 1.165) is 5.56 Å². The van der Waals surface area contributed by atoms with E-state index in [1.807, 2.05) is 0 Å². The molecule has 6 heteroatoms. The molecule has 0 atom stereocenters. The molecule has 1 aromatic heterocycles. The summed E-state index contributed by atoms with van der Waals surface area (Å²) in [5.41, 5.74) is 1.37. The SMILES string of the molecule is Cc1cc(O)ccc1NC(=O)Nc1ccno1. The third-order valence-corrected chi connectivity index (χ3v) is 2.13. The monoisotopic (exact) mass is 233 g/mol. The Kier molecular flexibility index (Phi) is 2.95. The summed E-state index contributed by atoms with van der Waals surface area (Å²) in [7, 11) is 0. The molecule has 0 aliphatic carbocycles. The molecule has 0 aliphatic heterocycles. The molecule has 0 spiro atoms. The van der Waals surface area contributed by atoms with Gasteiger partial charge in [-0.3, -0.25) is 5.32 Å². The highest BCUT2D eigenvalue weighted by Gasteiger charge is 2.06. The van der Waals surface area contributed by atoms with Gasteiger partial charge in [0.2, 0.25) is 5.88 Å². The summed E-state index contributed by atoms with van der Waals surface area (Å²) in [4.78, 5) is 11.5. The summed E-state index contributed by atoms with van der Waals surface area (Å²) in [5.74, 6) is 0.419. The van der Waals surface area contributed by atoms with E-state index >= 15 is 0 Å². The molecular formula is C11H11N3O3. The van der Waals surface area contributed by atoms with Crippen molar-refractivity contribution in [2.45, 2.75) is 6.92 Å². The lowest BCUT2D eigenvalue weighted by Crippen LogP contribution is -2.19. The molecule has 1 heterocycles. The quantitative estimate of drug-likeness (QED) is 0.694. The maximum absolute atomic E-state index is 11.5. The largest absolute Gasteiger partial charge is 0.508 e. The number of nitrogens with zero attached hydrogens (tertiary/aromatic N) is 1. The van der Waals surface area contributed by atoms with Crippen LogP contribution in [0.25, 0.3) is 0 Å². The van der Waals surface area contributed by atoms with Crippen molar-refractivity contribution in [1.82, 2.24) is 5.16 Å². The lowest BCUT2D eigenvalue weighted by Gasteiger charge is -2.08. The maximum atomic E-state index is 11.5. The van der Waals surface area contributed by atoms with Gasteiger partial charge in [0.05, 0.1) is 6.20 Å². The van der Waals surface area contributed by atoms with Crippen molar-refractivity contribution in [1.29, 1.82) is 0 Å². The lowest BCUT2D eigenvalue weighted by molar-refractivity contribution is 0.261. The Morgan fingerprint density at radius 3 is 2.82 bits per heavy atom. The molecule has 0 saturated heterocycles. The molecule has 17 heavy (non-hydrogen) atoms. The second-order valence-electron chi connectivity index (χ2n) is 3.46. The number of aryl methyl sites for hydroxylation is 1. The number of rotatable bonds is 2. The van der Waals surface area contributed by atoms with E-state index in [1.54, 1.807) is 19.1 Å². The number of nitrogens with one attached hydrogen (secondary N) is 2. The first-order chi connectivity index (χ1) is 8.15. The molecule has 3 N–H and O–H groups in total. The summed E-state index contributed by atoms with van der Waals surface area (Å²) in [6, 6.07) is 5.77. The van der Waals surface area contributed by atoms with Gasteiger partial charge >= 0.3 is 6.03 Å². The number of aromatic hydroxyl groups is 1. The van der Waals surface area contributed by atoms with Crippen molar-refractivity contribution in [3.05, 3.63) is 36.0 Å². The number of carbonyl (C=O) groups is 1. The van der Waals surface area contributed by atoms with Gasteiger partial charge < -0.3 is 14.9 Å². The summed E-state index contributed by atoms with van der Waals surface area (Å²) in [5, 5.41) is 17.8. The van der Waals surface area contributed by atoms with Crippen molar-refractivity contribution in [2.24, 2.45) is 0 Å². The summed E-state index contributed by atoms with van der Waals surface area (Å²) in [6.07, 6.45) is 1.43. The smallest absolute Gasteiger partial charge is 0.326 e. The Balaban J connectivity index is 2.03. The van der Waals surface area contributed by atoms with E-state index in [0.29, 0.717) is 5.69 Å². The molecule has 2 aromatic rings. The molecule has 0 radical (unpaired) electrons. The van der Waals surface area contributed by atoms with Crippen LogP contribution in [0, 0.1) is 6.92 Å². The predicted octanol–water partition coefficient (Wildman–Crippen LogP) is 2.33. The number of anilines is 2. The van der Waals surface area contributed by atoms with Crippen molar-refractivity contribution in [3.63, 3.8) is 0 Å². The third kappa shape index (κ3) is 2.75. The van der Waals surface area contributed by atoms with E-state index in [-0.39, 0.29) is 11.6 Å². The molecule has 2 amide bonds. The Morgan fingerprint density at radius 1 is 1.35 bits per heavy atom. The minimum absolute atomic E-state index is 0.156. The first-order valence-electron chi connectivity index (χ1n) is 4.93. The Hall–Kier alpha value is -2.50. The number of hydrogen-bond acceptors (Lipinski definition) is 4. The first kappa shape index (κ1) is 11.0. The number of amides is 2. The molecule has 6 nitrogen and oxygen atoms in total. The molecule has 0 bridgehead atoms. The van der Waals surface area contributed by atoms with Crippen LogP contribution >= 0.6 is 0 Å². The predicted molar refractivity (Wildman–Crippen MR) is 62.0 cm³/mol. The van der Waals surface area contributed by atoms with Gasteiger partial charge in [-0.25, -0.2) is 4.79 Å². The van der Waals surface area contributed by atoms with E-state index in [2.05, 4.69) is 15.8 Å². The normalized spacial score (nSPS) is 9.94. The van der Waals surface area contributed by atoms with E-state index in [9.17, 15) is 9.90 Å². The van der Waals surface area contributed by atoms with Gasteiger partial charge in [0, 0.05) is 11.8 Å². The van der Waals surface area contributed by atoms with Gasteiger partial charge in [-0.1, -0.05) is 5.16 Å². The van der Waals surface area contributed by atoms with Crippen LogP contribution in [-0.2, 0) is 0 Å². The van der Waals surface area contributed by atoms with Gasteiger partial charge in [-0.05, 0) is 30.7 Å². The Labute approximate surface area is 97.2 Å². The fraction of sp³-hybridized carbons (Fsp3) is 0.0909. The van der Waals surface area contributed by atoms with Crippen LogP contribution in [0.15, 0.2) is 35.0 Å². The average Bonchev–Trinajstić information content (AvgIpc) is 2.75. The van der Waals surface area contributed by atoms with Crippen LogP contribution in [-0.4, -0.2) is 16.3 Å². The highest BCUT2D eigenvalue weighted by molar-refractivity contribution is 5.99. The third-order valence-electron chi connectivity index (χ3n) is 2.13. The van der Waals surface area contributed by atoms with E-state index in [4.69, 9.17) is 4.52 Å². The van der Waals surface area contributed by atoms with Gasteiger partial charge in [0.15, 0.2) is 0 Å². The Bertz CT molecular complexity index is 523. The van der Waals surface area contributed by atoms with Gasteiger partial charge in [-0.15, -0.1) is 0 Å². The van der Waals surface area contributed by atoms with Crippen molar-refractivity contribution in [2.75, 3.05) is 10.6 Å². The minimum Gasteiger partial charge on any atom is -0.508 e. The lowest BCUT2D eigenvalue weighted by atomic mass is 10.2. The van der Waals surface area contributed by atoms with Crippen LogP contribution in [0.2, 0.25) is 0 Å². The molecule has 1 aromatic carbocycles. The summed E-state index contributed by atoms with van der Waals surface area (Å²) in [6.45, 7) is 1.78. The van der Waals surface area contributed by atoms with E-state index in [1.165, 1.54) is 18.3 Å². The maximum Gasteiger partial charge on any atom is 0.326 e. The number of benzene rings is 1. The van der Waals surface area contributed by atoms with Crippen LogP contribution < -0.4 is 10.6 Å². The standard InChI is InChI=1S/C11H11N3O3/c1-7-6-8(15)2-3-9(7)13-11(16)14-10-4-5-12-17-10/h2-6,15H,1H3,(H2,13,14,16). The van der Waals surface area contributed by atoms with Crippen molar-refractivity contribution in [3.8, 4) is 5.75 Å². The number of phenols is 1. The number of phenolic OH excluding ortho intramolecular Hbond substituents is 1. The summed E-state index contributed by atoms with van der Waals surface area (Å²) >= 11 is 0. The molecule has 0 fully saturated rings. The van der Waals surface area contributed by atoms with Gasteiger partial charge in [0.1, 0.15) is 5.75 Å². The number of urea groups is 1. The van der Waals surface area contributed by atoms with Crippen LogP contribution in [0.1, 0.15) is 5.56 Å². The second kappa shape index (κ2) is 4.56. The second-order valence-corrected chi connectivity index (χ2v) is 3.46. The minimum atomic E-state index is -0.435. The zero-order chi connectivity index (χ0) is 12.3. The van der Waals surface area contributed by atoms with Crippen LogP contribution in [0.4, 0.5) is 16.4 Å². The summed E-state index contributed by atoms with van der Waals surface area (Å²) < 4.78 is 4.73. The average molecular weight is 233 g/mol. The number of hydrogen-bond donors (Lipinski definition) is 3. The highest BCUT2D eigenvalue weighted by atomic mass is 16.5. The molecule has 0 aliphatic rings. The highest BCUT2D eigenvalue weighted by Crippen LogP contribution is 2.20. The fourth-order valence-corrected chi connectivity index (χ4v) is 1.33. The molecule has 0 unspecified atom stereocenters. The molecule has 0 saturated carbocycles. The number of aromatic nitrogens is 1. The van der Waals surface area contributed by atoms with Crippen LogP contribution in [0.3, 0.4) is 0 Å². The fourth-order valence-electron chi connectivity index (χ4n) is 1.33. The molecule has 2 rings (SSSR count). The van der Waals surface area contributed by atoms with Crippen molar-refractivity contribution >= 4 is 17.6 Å². The van der Waals surface area contributed by atoms with Gasteiger partial charge in [0.25, 0.3) is 0 Å². The van der Waals surface area contributed by atoms with Crippen molar-refractivity contribution < 1.29 is 14.4 Å². The van der Waals surface area contributed by atoms with Crippen LogP contribution in [0.5, 0.6) is 5.75 Å². The van der Waals surface area contributed by atoms with E-state index < -0.39 is 6.03 Å². The zero-order valence-corrected chi connectivity index (χ0v) is 9.10. The Morgan fingerprint density at radius 2 is 2.18 bits per heavy atom.